The quantitative estimate of drug-likeness (QED) is 0.785. The molecule has 0 saturated carbocycles. The minimum Gasteiger partial charge on any atom is -0.317 e. The van der Waals surface area contributed by atoms with Crippen LogP contribution >= 0.6 is 0 Å². The molecular weight excluding hydrogens is 222 g/mol. The van der Waals surface area contributed by atoms with Gasteiger partial charge in [0.1, 0.15) is 0 Å². The minimum absolute atomic E-state index is 0.288. The van der Waals surface area contributed by atoms with Crippen molar-refractivity contribution in [1.29, 1.82) is 0 Å². The fraction of sp³-hybridized carbons (Fsp3) is 1.00. The van der Waals surface area contributed by atoms with E-state index in [4.69, 9.17) is 0 Å². The smallest absolute Gasteiger partial charge is 0.155 e. The lowest BCUT2D eigenvalue weighted by molar-refractivity contribution is 0.378. The first-order valence-corrected chi connectivity index (χ1v) is 7.70. The summed E-state index contributed by atoms with van der Waals surface area (Å²) in [4.78, 5) is 0. The summed E-state index contributed by atoms with van der Waals surface area (Å²) >= 11 is 0. The average molecular weight is 249 g/mol. The van der Waals surface area contributed by atoms with Crippen LogP contribution in [0.15, 0.2) is 0 Å². The predicted molar refractivity (Wildman–Crippen MR) is 70.5 cm³/mol. The second-order valence-electron chi connectivity index (χ2n) is 5.50. The van der Waals surface area contributed by atoms with Gasteiger partial charge in [-0.25, -0.2) is 8.42 Å². The lowest BCUT2D eigenvalue weighted by Crippen LogP contribution is -2.35. The molecule has 0 spiro atoms. The Labute approximate surface area is 101 Å². The van der Waals surface area contributed by atoms with Crippen LogP contribution in [0.4, 0.5) is 0 Å². The molecule has 0 aromatic rings. The van der Waals surface area contributed by atoms with Crippen molar-refractivity contribution < 1.29 is 8.42 Å². The highest BCUT2D eigenvalue weighted by atomic mass is 32.2. The third kappa shape index (κ3) is 4.42. The Balaban J connectivity index is 4.36. The number of sulfone groups is 1. The van der Waals surface area contributed by atoms with E-state index in [-0.39, 0.29) is 5.75 Å². The van der Waals surface area contributed by atoms with Gasteiger partial charge in [-0.2, -0.15) is 0 Å². The molecule has 98 valence electrons. The first kappa shape index (κ1) is 15.9. The fourth-order valence-corrected chi connectivity index (χ4v) is 3.03. The number of hydrogen-bond acceptors (Lipinski definition) is 3. The van der Waals surface area contributed by atoms with Gasteiger partial charge in [-0.15, -0.1) is 0 Å². The van der Waals surface area contributed by atoms with Gasteiger partial charge >= 0.3 is 0 Å². The van der Waals surface area contributed by atoms with Crippen molar-refractivity contribution in [3.63, 3.8) is 0 Å². The van der Waals surface area contributed by atoms with Gasteiger partial charge in [0.15, 0.2) is 9.84 Å². The summed E-state index contributed by atoms with van der Waals surface area (Å²) in [5.74, 6) is 0.683. The van der Waals surface area contributed by atoms with Crippen LogP contribution < -0.4 is 5.32 Å². The van der Waals surface area contributed by atoms with E-state index in [0.29, 0.717) is 12.0 Å². The molecular formula is C12H27NO2S. The van der Waals surface area contributed by atoms with Gasteiger partial charge in [0.05, 0.1) is 10.5 Å². The molecule has 0 bridgehead atoms. The zero-order valence-corrected chi connectivity index (χ0v) is 12.3. The Bertz CT molecular complexity index is 287. The summed E-state index contributed by atoms with van der Waals surface area (Å²) in [6.45, 7) is 9.53. The standard InChI is InChI=1S/C12H27NO2S/c1-7-11(13-6)10(2)8-9-16(14,15)12(3,4)5/h10-11,13H,7-9H2,1-6H3. The molecule has 0 aliphatic rings. The number of rotatable bonds is 6. The Hall–Kier alpha value is -0.0900. The van der Waals surface area contributed by atoms with Crippen molar-refractivity contribution in [2.24, 2.45) is 5.92 Å². The Morgan fingerprint density at radius 3 is 2.06 bits per heavy atom. The van der Waals surface area contributed by atoms with Crippen LogP contribution in [-0.4, -0.2) is 32.0 Å². The van der Waals surface area contributed by atoms with Crippen molar-refractivity contribution in [1.82, 2.24) is 5.32 Å². The Morgan fingerprint density at radius 1 is 1.25 bits per heavy atom. The van der Waals surface area contributed by atoms with Crippen molar-refractivity contribution >= 4 is 9.84 Å². The Morgan fingerprint density at radius 2 is 1.75 bits per heavy atom. The van der Waals surface area contributed by atoms with E-state index in [1.54, 1.807) is 20.8 Å². The van der Waals surface area contributed by atoms with E-state index < -0.39 is 14.6 Å². The molecule has 0 aromatic heterocycles. The van der Waals surface area contributed by atoms with Crippen molar-refractivity contribution in [3.05, 3.63) is 0 Å². The van der Waals surface area contributed by atoms with Gasteiger partial charge in [-0.3, -0.25) is 0 Å². The molecule has 0 aromatic carbocycles. The molecule has 2 atom stereocenters. The number of hydrogen-bond donors (Lipinski definition) is 1. The van der Waals surface area contributed by atoms with E-state index in [1.165, 1.54) is 0 Å². The summed E-state index contributed by atoms with van der Waals surface area (Å²) in [7, 11) is -1.04. The third-order valence-corrected chi connectivity index (χ3v) is 5.91. The summed E-state index contributed by atoms with van der Waals surface area (Å²) in [5.41, 5.74) is 0. The van der Waals surface area contributed by atoms with Gasteiger partial charge in [-0.05, 0) is 46.6 Å². The molecule has 1 N–H and O–H groups in total. The second kappa shape index (κ2) is 6.01. The first-order chi connectivity index (χ1) is 7.15. The molecule has 3 nitrogen and oxygen atoms in total. The number of nitrogens with one attached hydrogen (secondary N) is 1. The van der Waals surface area contributed by atoms with E-state index in [1.807, 2.05) is 7.05 Å². The summed E-state index contributed by atoms with van der Waals surface area (Å²) < 4.78 is 23.2. The average Bonchev–Trinajstić information content (AvgIpc) is 2.15. The van der Waals surface area contributed by atoms with Crippen LogP contribution in [0.2, 0.25) is 0 Å². The molecule has 0 rings (SSSR count). The normalized spacial score (nSPS) is 17.1. The van der Waals surface area contributed by atoms with Crippen LogP contribution in [0, 0.1) is 5.92 Å². The predicted octanol–water partition coefficient (Wildman–Crippen LogP) is 2.22. The molecule has 0 saturated heterocycles. The minimum atomic E-state index is -2.97. The molecule has 0 aliphatic heterocycles. The van der Waals surface area contributed by atoms with E-state index >= 15 is 0 Å². The van der Waals surface area contributed by atoms with Crippen molar-refractivity contribution in [2.45, 2.75) is 58.2 Å². The van der Waals surface area contributed by atoms with Gasteiger partial charge in [-0.1, -0.05) is 13.8 Å². The van der Waals surface area contributed by atoms with Crippen LogP contribution in [0.5, 0.6) is 0 Å². The summed E-state index contributed by atoms with van der Waals surface area (Å²) in [6, 6.07) is 0.412. The van der Waals surface area contributed by atoms with E-state index in [0.717, 1.165) is 12.8 Å². The molecule has 0 aliphatic carbocycles. The van der Waals surface area contributed by atoms with Crippen LogP contribution in [0.25, 0.3) is 0 Å². The van der Waals surface area contributed by atoms with Gasteiger partial charge in [0, 0.05) is 6.04 Å². The van der Waals surface area contributed by atoms with E-state index in [2.05, 4.69) is 19.2 Å². The molecule has 0 fully saturated rings. The molecule has 16 heavy (non-hydrogen) atoms. The summed E-state index contributed by atoms with van der Waals surface area (Å²) in [6.07, 6.45) is 1.77. The molecule has 0 amide bonds. The highest BCUT2D eigenvalue weighted by Crippen LogP contribution is 2.20. The highest BCUT2D eigenvalue weighted by molar-refractivity contribution is 7.92. The molecule has 0 radical (unpaired) electrons. The Kier molecular flexibility index (Phi) is 5.98. The maximum Gasteiger partial charge on any atom is 0.155 e. The van der Waals surface area contributed by atoms with Gasteiger partial charge < -0.3 is 5.32 Å². The fourth-order valence-electron chi connectivity index (χ4n) is 1.74. The maximum absolute atomic E-state index is 11.9. The summed E-state index contributed by atoms with van der Waals surface area (Å²) in [5, 5.41) is 3.23. The lowest BCUT2D eigenvalue weighted by atomic mass is 9.97. The largest absolute Gasteiger partial charge is 0.317 e. The highest BCUT2D eigenvalue weighted by Gasteiger charge is 2.29. The third-order valence-electron chi connectivity index (χ3n) is 3.27. The zero-order chi connectivity index (χ0) is 13.0. The molecule has 4 heteroatoms. The van der Waals surface area contributed by atoms with E-state index in [9.17, 15) is 8.42 Å². The lowest BCUT2D eigenvalue weighted by Gasteiger charge is -2.24. The molecule has 2 unspecified atom stereocenters. The first-order valence-electron chi connectivity index (χ1n) is 6.05. The topological polar surface area (TPSA) is 46.2 Å². The van der Waals surface area contributed by atoms with Gasteiger partial charge in [0.25, 0.3) is 0 Å². The zero-order valence-electron chi connectivity index (χ0n) is 11.5. The van der Waals surface area contributed by atoms with Gasteiger partial charge in [0.2, 0.25) is 0 Å². The van der Waals surface area contributed by atoms with Crippen molar-refractivity contribution in [2.75, 3.05) is 12.8 Å². The SMILES string of the molecule is CCC(NC)C(C)CCS(=O)(=O)C(C)(C)C. The van der Waals surface area contributed by atoms with Crippen LogP contribution in [-0.2, 0) is 9.84 Å². The monoisotopic (exact) mass is 249 g/mol. The maximum atomic E-state index is 11.9. The molecule has 0 heterocycles. The van der Waals surface area contributed by atoms with Crippen LogP contribution in [0.3, 0.4) is 0 Å². The van der Waals surface area contributed by atoms with Crippen molar-refractivity contribution in [3.8, 4) is 0 Å². The van der Waals surface area contributed by atoms with Crippen LogP contribution in [0.1, 0.15) is 47.5 Å². The second-order valence-corrected chi connectivity index (χ2v) is 8.36.